The summed E-state index contributed by atoms with van der Waals surface area (Å²) < 4.78 is 11.0. The predicted molar refractivity (Wildman–Crippen MR) is 80.7 cm³/mol. The number of hydrogen-bond donors (Lipinski definition) is 1. The number of hydrogen-bond acceptors (Lipinski definition) is 4. The molecule has 0 atom stereocenters. The van der Waals surface area contributed by atoms with Crippen molar-refractivity contribution in [3.63, 3.8) is 0 Å². The lowest BCUT2D eigenvalue weighted by atomic mass is 10.2. The van der Waals surface area contributed by atoms with Crippen molar-refractivity contribution in [2.24, 2.45) is 0 Å². The maximum Gasteiger partial charge on any atom is 0.339 e. The molecular weight excluding hydrogens is 322 g/mol. The van der Waals surface area contributed by atoms with Gasteiger partial charge in [0.15, 0.2) is 0 Å². The van der Waals surface area contributed by atoms with Crippen LogP contribution in [0.1, 0.15) is 15.9 Å². The first-order valence-corrected chi connectivity index (χ1v) is 6.74. The smallest absolute Gasteiger partial charge is 0.339 e. The van der Waals surface area contributed by atoms with E-state index in [0.29, 0.717) is 15.7 Å². The van der Waals surface area contributed by atoms with Crippen molar-refractivity contribution in [3.05, 3.63) is 58.1 Å². The molecule has 2 aromatic carbocycles. The molecule has 0 bridgehead atoms. The van der Waals surface area contributed by atoms with E-state index in [1.54, 1.807) is 25.3 Å². The minimum atomic E-state index is -0.417. The average Bonchev–Trinajstić information content (AvgIpc) is 2.47. The van der Waals surface area contributed by atoms with Crippen molar-refractivity contribution >= 4 is 27.6 Å². The van der Waals surface area contributed by atoms with Gasteiger partial charge in [0.2, 0.25) is 0 Å². The van der Waals surface area contributed by atoms with Crippen molar-refractivity contribution in [1.29, 1.82) is 0 Å². The van der Waals surface area contributed by atoms with Crippen LogP contribution in [0.25, 0.3) is 0 Å². The average molecular weight is 336 g/mol. The Kier molecular flexibility index (Phi) is 4.63. The molecule has 5 heteroatoms. The first-order chi connectivity index (χ1) is 9.60. The van der Waals surface area contributed by atoms with Crippen molar-refractivity contribution < 1.29 is 14.3 Å². The first kappa shape index (κ1) is 14.4. The lowest BCUT2D eigenvalue weighted by Crippen LogP contribution is -2.06. The molecule has 2 aromatic rings. The van der Waals surface area contributed by atoms with Gasteiger partial charge in [-0.1, -0.05) is 12.1 Å². The molecule has 2 N–H and O–H groups in total. The summed E-state index contributed by atoms with van der Waals surface area (Å²) in [5, 5.41) is 0. The van der Waals surface area contributed by atoms with Crippen LogP contribution < -0.4 is 10.5 Å². The fraction of sp³-hybridized carbons (Fsp3) is 0.133. The summed E-state index contributed by atoms with van der Waals surface area (Å²) in [7, 11) is 1.60. The second kappa shape index (κ2) is 6.43. The topological polar surface area (TPSA) is 61.5 Å². The Morgan fingerprint density at radius 1 is 1.20 bits per heavy atom. The van der Waals surface area contributed by atoms with Crippen LogP contribution in [-0.2, 0) is 11.3 Å². The van der Waals surface area contributed by atoms with Gasteiger partial charge in [-0.2, -0.15) is 0 Å². The zero-order valence-corrected chi connectivity index (χ0v) is 12.5. The lowest BCUT2D eigenvalue weighted by molar-refractivity contribution is 0.0471. The van der Waals surface area contributed by atoms with E-state index in [1.165, 1.54) is 0 Å². The number of benzene rings is 2. The SMILES string of the molecule is COc1ccc(COC(=O)c2cc(N)ccc2Br)cc1. The van der Waals surface area contributed by atoms with Gasteiger partial charge in [-0.25, -0.2) is 4.79 Å². The van der Waals surface area contributed by atoms with Crippen LogP contribution in [-0.4, -0.2) is 13.1 Å². The highest BCUT2D eigenvalue weighted by molar-refractivity contribution is 9.10. The molecule has 0 saturated heterocycles. The zero-order valence-electron chi connectivity index (χ0n) is 10.9. The predicted octanol–water partition coefficient (Wildman–Crippen LogP) is 3.40. The number of carbonyl (C=O) groups excluding carboxylic acids is 1. The summed E-state index contributed by atoms with van der Waals surface area (Å²) in [6.07, 6.45) is 0. The minimum absolute atomic E-state index is 0.198. The third kappa shape index (κ3) is 3.51. The molecule has 104 valence electrons. The summed E-state index contributed by atoms with van der Waals surface area (Å²) in [6.45, 7) is 0.198. The van der Waals surface area contributed by atoms with Crippen molar-refractivity contribution in [2.75, 3.05) is 12.8 Å². The molecule has 0 amide bonds. The normalized spacial score (nSPS) is 10.1. The fourth-order valence-corrected chi connectivity index (χ4v) is 2.06. The summed E-state index contributed by atoms with van der Waals surface area (Å²) in [5.41, 5.74) is 7.48. The molecule has 4 nitrogen and oxygen atoms in total. The van der Waals surface area contributed by atoms with Crippen LogP contribution in [0.4, 0.5) is 5.69 Å². The van der Waals surface area contributed by atoms with Gasteiger partial charge < -0.3 is 15.2 Å². The van der Waals surface area contributed by atoms with E-state index in [9.17, 15) is 4.79 Å². The second-order valence-corrected chi connectivity index (χ2v) is 5.02. The molecule has 2 rings (SSSR count). The Hall–Kier alpha value is -2.01. The van der Waals surface area contributed by atoms with Gasteiger partial charge in [-0.15, -0.1) is 0 Å². The standard InChI is InChI=1S/C15H14BrNO3/c1-19-12-5-2-10(3-6-12)9-20-15(18)13-8-11(17)4-7-14(13)16/h2-8H,9,17H2,1H3. The minimum Gasteiger partial charge on any atom is -0.497 e. The van der Waals surface area contributed by atoms with E-state index in [4.69, 9.17) is 15.2 Å². The molecule has 0 aliphatic heterocycles. The Balaban J connectivity index is 2.02. The number of methoxy groups -OCH3 is 1. The number of anilines is 1. The Bertz CT molecular complexity index is 611. The Morgan fingerprint density at radius 3 is 2.55 bits per heavy atom. The molecule has 20 heavy (non-hydrogen) atoms. The highest BCUT2D eigenvalue weighted by Gasteiger charge is 2.12. The van der Waals surface area contributed by atoms with Crippen LogP contribution in [0.3, 0.4) is 0 Å². The molecule has 0 heterocycles. The number of halogens is 1. The van der Waals surface area contributed by atoms with Gasteiger partial charge in [0.1, 0.15) is 12.4 Å². The molecule has 0 spiro atoms. The zero-order chi connectivity index (χ0) is 14.5. The molecule has 0 aromatic heterocycles. The van der Waals surface area contributed by atoms with E-state index in [0.717, 1.165) is 11.3 Å². The molecule has 0 radical (unpaired) electrons. The van der Waals surface area contributed by atoms with E-state index in [2.05, 4.69) is 15.9 Å². The number of ether oxygens (including phenoxy) is 2. The summed E-state index contributed by atoms with van der Waals surface area (Å²) in [4.78, 5) is 12.0. The van der Waals surface area contributed by atoms with Gasteiger partial charge in [0.25, 0.3) is 0 Å². The number of carbonyl (C=O) groups is 1. The maximum absolute atomic E-state index is 12.0. The number of esters is 1. The summed E-state index contributed by atoms with van der Waals surface area (Å²) in [6, 6.07) is 12.4. The first-order valence-electron chi connectivity index (χ1n) is 5.95. The largest absolute Gasteiger partial charge is 0.497 e. The molecule has 0 fully saturated rings. The monoisotopic (exact) mass is 335 g/mol. The number of nitrogens with two attached hydrogens (primary N) is 1. The second-order valence-electron chi connectivity index (χ2n) is 4.16. The highest BCUT2D eigenvalue weighted by atomic mass is 79.9. The molecule has 0 saturated carbocycles. The molecule has 0 aliphatic carbocycles. The van der Waals surface area contributed by atoms with Crippen molar-refractivity contribution in [1.82, 2.24) is 0 Å². The maximum atomic E-state index is 12.0. The van der Waals surface area contributed by atoms with Gasteiger partial charge in [0, 0.05) is 10.2 Å². The summed E-state index contributed by atoms with van der Waals surface area (Å²) in [5.74, 6) is 0.346. The highest BCUT2D eigenvalue weighted by Crippen LogP contribution is 2.21. The van der Waals surface area contributed by atoms with Crippen LogP contribution in [0.15, 0.2) is 46.9 Å². The molecule has 0 unspecified atom stereocenters. The quantitative estimate of drug-likeness (QED) is 0.687. The Morgan fingerprint density at radius 2 is 1.90 bits per heavy atom. The van der Waals surface area contributed by atoms with Gasteiger partial charge in [-0.05, 0) is 51.8 Å². The third-order valence-electron chi connectivity index (χ3n) is 2.74. The lowest BCUT2D eigenvalue weighted by Gasteiger charge is -2.08. The van der Waals surface area contributed by atoms with E-state index in [-0.39, 0.29) is 6.61 Å². The van der Waals surface area contributed by atoms with Gasteiger partial charge in [0.05, 0.1) is 12.7 Å². The van der Waals surface area contributed by atoms with Gasteiger partial charge in [-0.3, -0.25) is 0 Å². The number of nitrogen functional groups attached to an aromatic ring is 1. The van der Waals surface area contributed by atoms with Crippen LogP contribution >= 0.6 is 15.9 Å². The van der Waals surface area contributed by atoms with E-state index >= 15 is 0 Å². The number of rotatable bonds is 4. The fourth-order valence-electron chi connectivity index (χ4n) is 1.65. The Labute approximate surface area is 125 Å². The molecular formula is C15H14BrNO3. The van der Waals surface area contributed by atoms with Crippen LogP contribution in [0.5, 0.6) is 5.75 Å². The van der Waals surface area contributed by atoms with Gasteiger partial charge >= 0.3 is 5.97 Å². The van der Waals surface area contributed by atoms with Crippen LogP contribution in [0, 0.1) is 0 Å². The molecule has 0 aliphatic rings. The van der Waals surface area contributed by atoms with Crippen molar-refractivity contribution in [3.8, 4) is 5.75 Å². The third-order valence-corrected chi connectivity index (χ3v) is 3.43. The summed E-state index contributed by atoms with van der Waals surface area (Å²) >= 11 is 3.30. The van der Waals surface area contributed by atoms with E-state index < -0.39 is 5.97 Å². The van der Waals surface area contributed by atoms with Crippen LogP contribution in [0.2, 0.25) is 0 Å². The van der Waals surface area contributed by atoms with E-state index in [1.807, 2.05) is 24.3 Å². The van der Waals surface area contributed by atoms with Crippen molar-refractivity contribution in [2.45, 2.75) is 6.61 Å².